The Bertz CT molecular complexity index is 1440. The number of hydrogen-bond acceptors (Lipinski definition) is 5. The van der Waals surface area contributed by atoms with Gasteiger partial charge in [-0.2, -0.15) is 0 Å². The van der Waals surface area contributed by atoms with Crippen molar-refractivity contribution in [1.29, 1.82) is 0 Å². The molecule has 1 saturated carbocycles. The largest absolute Gasteiger partial charge is 0.494 e. The second-order valence-electron chi connectivity index (χ2n) is 8.08. The Morgan fingerprint density at radius 2 is 1.91 bits per heavy atom. The molecule has 4 rings (SSSR count). The maximum Gasteiger partial charge on any atom is 0.258 e. The summed E-state index contributed by atoms with van der Waals surface area (Å²) < 4.78 is 64.5. The lowest BCUT2D eigenvalue weighted by Gasteiger charge is -2.21. The molecule has 7 nitrogen and oxygen atoms in total. The molecule has 1 aliphatic carbocycles. The Hall–Kier alpha value is -2.67. The van der Waals surface area contributed by atoms with Gasteiger partial charge in [0.15, 0.2) is 5.75 Å². The van der Waals surface area contributed by atoms with Gasteiger partial charge in [-0.15, -0.1) is 0 Å². The molecule has 1 aliphatic rings. The molecular formula is C23H22F2IN3O4S. The lowest BCUT2D eigenvalue weighted by atomic mass is 10.1. The van der Waals surface area contributed by atoms with Crippen molar-refractivity contribution in [1.82, 2.24) is 4.57 Å². The van der Waals surface area contributed by atoms with Crippen molar-refractivity contribution in [3.05, 3.63) is 79.1 Å². The predicted octanol–water partition coefficient (Wildman–Crippen LogP) is 4.63. The number of ether oxygens (including phenoxy) is 1. The summed E-state index contributed by atoms with van der Waals surface area (Å²) in [6.07, 6.45) is 0.320. The summed E-state index contributed by atoms with van der Waals surface area (Å²) in [5, 5.41) is 2.05. The molecule has 11 heteroatoms. The maximum atomic E-state index is 14.6. The molecule has 1 fully saturated rings. The van der Waals surface area contributed by atoms with Crippen molar-refractivity contribution >= 4 is 49.8 Å². The normalized spacial score (nSPS) is 17.4. The minimum absolute atomic E-state index is 0.00931. The van der Waals surface area contributed by atoms with Crippen LogP contribution < -0.4 is 20.3 Å². The summed E-state index contributed by atoms with van der Waals surface area (Å²) in [5.74, 6) is -1.31. The first-order valence-corrected chi connectivity index (χ1v) is 12.9. The highest BCUT2D eigenvalue weighted by Crippen LogP contribution is 2.47. The monoisotopic (exact) mass is 601 g/mol. The van der Waals surface area contributed by atoms with Gasteiger partial charge in [0.25, 0.3) is 5.56 Å². The Balaban J connectivity index is 1.75. The number of nitrogens with zero attached hydrogens (tertiary/aromatic N) is 1. The molecule has 0 radical (unpaired) electrons. The van der Waals surface area contributed by atoms with Crippen LogP contribution in [0.4, 0.5) is 26.0 Å². The van der Waals surface area contributed by atoms with Gasteiger partial charge in [-0.05, 0) is 71.8 Å². The maximum absolute atomic E-state index is 14.6. The number of methoxy groups -OCH3 is 1. The van der Waals surface area contributed by atoms with Crippen molar-refractivity contribution in [2.75, 3.05) is 17.1 Å². The van der Waals surface area contributed by atoms with Gasteiger partial charge in [-0.3, -0.25) is 14.1 Å². The Kier molecular flexibility index (Phi) is 6.60. The smallest absolute Gasteiger partial charge is 0.258 e. The lowest BCUT2D eigenvalue weighted by molar-refractivity contribution is 0.412. The first kappa shape index (κ1) is 24.5. The van der Waals surface area contributed by atoms with E-state index in [9.17, 15) is 22.0 Å². The molecule has 0 aliphatic heterocycles. The van der Waals surface area contributed by atoms with Crippen molar-refractivity contribution < 1.29 is 21.9 Å². The fraction of sp³-hybridized carbons (Fsp3) is 0.261. The standard InChI is InChI=1S/C23H22F2IN3O4S/c1-12-21(33-3)20(22(29(2)23(12)30)27-18-8-7-15(26)10-17(18)25)28-34(31,32)19-11-16(19)13-5-4-6-14(24)9-13/h4-10,16,19,27-28H,11H2,1-3H3. The van der Waals surface area contributed by atoms with Gasteiger partial charge < -0.3 is 10.1 Å². The number of aromatic nitrogens is 1. The Morgan fingerprint density at radius 1 is 1.18 bits per heavy atom. The zero-order chi connectivity index (χ0) is 24.8. The van der Waals surface area contributed by atoms with Gasteiger partial charge in [0.05, 0.1) is 23.6 Å². The summed E-state index contributed by atoms with van der Waals surface area (Å²) in [6.45, 7) is 1.51. The fourth-order valence-electron chi connectivity index (χ4n) is 3.95. The van der Waals surface area contributed by atoms with Crippen LogP contribution in [0.3, 0.4) is 0 Å². The highest BCUT2D eigenvalue weighted by molar-refractivity contribution is 14.1. The number of sulfonamides is 1. The van der Waals surface area contributed by atoms with Crippen molar-refractivity contribution in [2.45, 2.75) is 24.5 Å². The van der Waals surface area contributed by atoms with Crippen molar-refractivity contribution in [3.8, 4) is 5.75 Å². The van der Waals surface area contributed by atoms with Crippen LogP contribution in [-0.4, -0.2) is 25.3 Å². The molecule has 2 atom stereocenters. The van der Waals surface area contributed by atoms with Crippen molar-refractivity contribution in [3.63, 3.8) is 0 Å². The molecular weight excluding hydrogens is 579 g/mol. The van der Waals surface area contributed by atoms with E-state index in [-0.39, 0.29) is 34.4 Å². The number of hydrogen-bond donors (Lipinski definition) is 2. The fourth-order valence-corrected chi connectivity index (χ4v) is 6.08. The van der Waals surface area contributed by atoms with Gasteiger partial charge in [0.2, 0.25) is 10.0 Å². The van der Waals surface area contributed by atoms with Crippen LogP contribution in [0.2, 0.25) is 0 Å². The topological polar surface area (TPSA) is 89.4 Å². The second kappa shape index (κ2) is 9.17. The third kappa shape index (κ3) is 4.63. The molecule has 0 spiro atoms. The van der Waals surface area contributed by atoms with Crippen LogP contribution >= 0.6 is 22.6 Å². The summed E-state index contributed by atoms with van der Waals surface area (Å²) in [4.78, 5) is 12.8. The number of pyridine rings is 1. The molecule has 1 heterocycles. The Morgan fingerprint density at radius 3 is 2.56 bits per heavy atom. The zero-order valence-corrected chi connectivity index (χ0v) is 21.5. The number of rotatable bonds is 7. The van der Waals surface area contributed by atoms with E-state index in [1.54, 1.807) is 12.1 Å². The summed E-state index contributed by atoms with van der Waals surface area (Å²) in [5.41, 5.74) is 0.403. The van der Waals surface area contributed by atoms with Gasteiger partial charge in [0, 0.05) is 16.5 Å². The SMILES string of the molecule is COc1c(NS(=O)(=O)C2CC2c2cccc(F)c2)c(Nc2ccc(I)cc2F)n(C)c(=O)c1C. The number of nitrogens with one attached hydrogen (secondary N) is 2. The zero-order valence-electron chi connectivity index (χ0n) is 18.5. The molecule has 2 unspecified atom stereocenters. The van der Waals surface area contributed by atoms with E-state index in [4.69, 9.17) is 4.74 Å². The molecule has 3 aromatic rings. The first-order chi connectivity index (χ1) is 16.0. The van der Waals surface area contributed by atoms with Gasteiger partial charge in [-0.1, -0.05) is 12.1 Å². The lowest BCUT2D eigenvalue weighted by Crippen LogP contribution is -2.27. The van der Waals surface area contributed by atoms with E-state index in [2.05, 4.69) is 10.0 Å². The summed E-state index contributed by atoms with van der Waals surface area (Å²) >= 11 is 1.97. The Labute approximate surface area is 209 Å². The van der Waals surface area contributed by atoms with E-state index in [0.29, 0.717) is 15.6 Å². The highest BCUT2D eigenvalue weighted by Gasteiger charge is 2.49. The third-order valence-corrected chi connectivity index (χ3v) is 8.28. The average Bonchev–Trinajstić information content (AvgIpc) is 3.59. The highest BCUT2D eigenvalue weighted by atomic mass is 127. The van der Waals surface area contributed by atoms with E-state index in [1.165, 1.54) is 56.0 Å². The molecule has 2 N–H and O–H groups in total. The first-order valence-electron chi connectivity index (χ1n) is 10.3. The van der Waals surface area contributed by atoms with Crippen molar-refractivity contribution in [2.24, 2.45) is 7.05 Å². The van der Waals surface area contributed by atoms with Gasteiger partial charge >= 0.3 is 0 Å². The molecule has 180 valence electrons. The number of anilines is 3. The molecule has 34 heavy (non-hydrogen) atoms. The van der Waals surface area contributed by atoms with E-state index < -0.39 is 32.5 Å². The van der Waals surface area contributed by atoms with Gasteiger partial charge in [0.1, 0.15) is 23.1 Å². The molecule has 0 amide bonds. The number of halogens is 3. The van der Waals surface area contributed by atoms with Crippen LogP contribution in [0.15, 0.2) is 47.3 Å². The molecule has 0 bridgehead atoms. The van der Waals surface area contributed by atoms with E-state index in [0.717, 1.165) is 0 Å². The minimum Gasteiger partial charge on any atom is -0.494 e. The second-order valence-corrected chi connectivity index (χ2v) is 11.2. The molecule has 2 aromatic carbocycles. The quantitative estimate of drug-likeness (QED) is 0.386. The van der Waals surface area contributed by atoms with Gasteiger partial charge in [-0.25, -0.2) is 17.2 Å². The molecule has 1 aromatic heterocycles. The minimum atomic E-state index is -3.96. The predicted molar refractivity (Wildman–Crippen MR) is 135 cm³/mol. The third-order valence-electron chi connectivity index (χ3n) is 5.81. The molecule has 0 saturated heterocycles. The van der Waals surface area contributed by atoms with Crippen LogP contribution in [0.25, 0.3) is 0 Å². The summed E-state index contributed by atoms with van der Waals surface area (Å²) in [7, 11) is -1.19. The van der Waals surface area contributed by atoms with E-state index in [1.807, 2.05) is 22.6 Å². The van der Waals surface area contributed by atoms with Crippen LogP contribution in [0.1, 0.15) is 23.5 Å². The van der Waals surface area contributed by atoms with E-state index >= 15 is 0 Å². The van der Waals surface area contributed by atoms with Crippen LogP contribution in [-0.2, 0) is 17.1 Å². The average molecular weight is 601 g/mol. The number of benzene rings is 2. The van der Waals surface area contributed by atoms with Crippen LogP contribution in [0.5, 0.6) is 5.75 Å². The van der Waals surface area contributed by atoms with Crippen LogP contribution in [0, 0.1) is 22.1 Å². The summed E-state index contributed by atoms with van der Waals surface area (Å²) in [6, 6.07) is 10.3.